The van der Waals surface area contributed by atoms with E-state index in [9.17, 15) is 4.79 Å². The number of amides is 1. The number of thiazole rings is 1. The molecular weight excluding hydrogens is 346 g/mol. The van der Waals surface area contributed by atoms with E-state index in [1.54, 1.807) is 22.2 Å². The van der Waals surface area contributed by atoms with Gasteiger partial charge in [-0.25, -0.2) is 9.67 Å². The quantitative estimate of drug-likeness (QED) is 0.752. The lowest BCUT2D eigenvalue weighted by molar-refractivity contribution is -0.121. The molecular formula is C19H21N5OS. The summed E-state index contributed by atoms with van der Waals surface area (Å²) in [5.74, 6) is 0.100. The number of hydrogen-bond acceptors (Lipinski definition) is 5. The van der Waals surface area contributed by atoms with Gasteiger partial charge in [0.25, 0.3) is 0 Å². The number of aromatic nitrogens is 3. The summed E-state index contributed by atoms with van der Waals surface area (Å²) in [5.41, 5.74) is 1.74. The predicted molar refractivity (Wildman–Crippen MR) is 102 cm³/mol. The summed E-state index contributed by atoms with van der Waals surface area (Å²) in [4.78, 5) is 19.4. The highest BCUT2D eigenvalue weighted by molar-refractivity contribution is 7.09. The molecule has 1 saturated heterocycles. The van der Waals surface area contributed by atoms with Gasteiger partial charge in [-0.15, -0.1) is 11.3 Å². The van der Waals surface area contributed by atoms with Crippen molar-refractivity contribution in [1.82, 2.24) is 19.7 Å². The Kier molecular flexibility index (Phi) is 5.08. The normalized spacial score (nSPS) is 17.9. The molecule has 0 aliphatic carbocycles. The van der Waals surface area contributed by atoms with Crippen LogP contribution in [0.3, 0.4) is 0 Å². The maximum Gasteiger partial charge on any atom is 0.228 e. The van der Waals surface area contributed by atoms with E-state index in [4.69, 9.17) is 0 Å². The molecule has 1 aromatic carbocycles. The number of piperidine rings is 1. The van der Waals surface area contributed by atoms with Crippen LogP contribution in [-0.2, 0) is 11.3 Å². The van der Waals surface area contributed by atoms with Crippen molar-refractivity contribution in [2.45, 2.75) is 19.4 Å². The fourth-order valence-electron chi connectivity index (χ4n) is 3.33. The molecule has 0 saturated carbocycles. The molecule has 1 atom stereocenters. The standard InChI is InChI=1S/C19H21N5OS/c25-19(15-4-2-9-23(13-15)14-18-20-8-11-26-18)22-16-5-1-6-17(12-16)24-10-3-7-21-24/h1,3,5-8,10-12,15H,2,4,9,13-14H2,(H,22,25). The smallest absolute Gasteiger partial charge is 0.228 e. The minimum absolute atomic E-state index is 0.0112. The van der Waals surface area contributed by atoms with Crippen LogP contribution < -0.4 is 5.32 Å². The van der Waals surface area contributed by atoms with Gasteiger partial charge in [-0.1, -0.05) is 6.07 Å². The third-order valence-corrected chi connectivity index (χ3v) is 5.37. The number of anilines is 1. The Labute approximate surface area is 156 Å². The third kappa shape index (κ3) is 4.00. The van der Waals surface area contributed by atoms with Gasteiger partial charge >= 0.3 is 0 Å². The summed E-state index contributed by atoms with van der Waals surface area (Å²) in [5, 5.41) is 10.4. The summed E-state index contributed by atoms with van der Waals surface area (Å²) in [7, 11) is 0. The van der Waals surface area contributed by atoms with E-state index >= 15 is 0 Å². The molecule has 134 valence electrons. The second-order valence-corrected chi connectivity index (χ2v) is 7.47. The largest absolute Gasteiger partial charge is 0.326 e. The van der Waals surface area contributed by atoms with Crippen molar-refractivity contribution in [2.24, 2.45) is 5.92 Å². The Morgan fingerprint density at radius 2 is 2.27 bits per heavy atom. The van der Waals surface area contributed by atoms with E-state index in [1.807, 2.05) is 48.1 Å². The van der Waals surface area contributed by atoms with Gasteiger partial charge in [0.2, 0.25) is 5.91 Å². The van der Waals surface area contributed by atoms with Gasteiger partial charge in [0.15, 0.2) is 0 Å². The molecule has 1 aliphatic heterocycles. The van der Waals surface area contributed by atoms with Gasteiger partial charge in [0.1, 0.15) is 5.01 Å². The Hall–Kier alpha value is -2.51. The minimum Gasteiger partial charge on any atom is -0.326 e. The first-order valence-electron chi connectivity index (χ1n) is 8.79. The predicted octanol–water partition coefficient (Wildman–Crippen LogP) is 3.18. The third-order valence-electron chi connectivity index (χ3n) is 4.60. The van der Waals surface area contributed by atoms with Crippen molar-refractivity contribution in [2.75, 3.05) is 18.4 Å². The molecule has 0 spiro atoms. The maximum absolute atomic E-state index is 12.7. The van der Waals surface area contributed by atoms with Crippen LogP contribution in [0.25, 0.3) is 5.69 Å². The van der Waals surface area contributed by atoms with Crippen LogP contribution >= 0.6 is 11.3 Å². The number of rotatable bonds is 5. The van der Waals surface area contributed by atoms with Gasteiger partial charge < -0.3 is 5.32 Å². The molecule has 3 heterocycles. The minimum atomic E-state index is 0.0112. The summed E-state index contributed by atoms with van der Waals surface area (Å²) in [6.45, 7) is 2.64. The first kappa shape index (κ1) is 16.9. The van der Waals surface area contributed by atoms with E-state index in [1.165, 1.54) is 0 Å². The van der Waals surface area contributed by atoms with Crippen LogP contribution in [0.1, 0.15) is 17.8 Å². The van der Waals surface area contributed by atoms with Gasteiger partial charge in [0, 0.05) is 36.2 Å². The van der Waals surface area contributed by atoms with Crippen LogP contribution in [0.5, 0.6) is 0 Å². The van der Waals surface area contributed by atoms with Crippen molar-refractivity contribution in [3.63, 3.8) is 0 Å². The van der Waals surface area contributed by atoms with Crippen LogP contribution in [0.2, 0.25) is 0 Å². The number of hydrogen-bond donors (Lipinski definition) is 1. The van der Waals surface area contributed by atoms with Gasteiger partial charge in [-0.2, -0.15) is 5.10 Å². The number of likely N-dealkylation sites (tertiary alicyclic amines) is 1. The van der Waals surface area contributed by atoms with Crippen molar-refractivity contribution < 1.29 is 4.79 Å². The molecule has 3 aromatic rings. The van der Waals surface area contributed by atoms with Crippen LogP contribution in [0, 0.1) is 5.92 Å². The molecule has 2 aromatic heterocycles. The van der Waals surface area contributed by atoms with E-state index in [0.29, 0.717) is 0 Å². The zero-order chi connectivity index (χ0) is 17.8. The number of carbonyl (C=O) groups is 1. The summed E-state index contributed by atoms with van der Waals surface area (Å²) in [6.07, 6.45) is 7.43. The fourth-order valence-corrected chi connectivity index (χ4v) is 3.99. The highest BCUT2D eigenvalue weighted by Crippen LogP contribution is 2.22. The molecule has 4 rings (SSSR count). The maximum atomic E-state index is 12.7. The van der Waals surface area contributed by atoms with Crippen molar-refractivity contribution in [3.05, 3.63) is 59.3 Å². The fraction of sp³-hybridized carbons (Fsp3) is 0.316. The Morgan fingerprint density at radius 1 is 1.31 bits per heavy atom. The Bertz CT molecular complexity index is 847. The molecule has 0 bridgehead atoms. The average molecular weight is 367 g/mol. The molecule has 6 nitrogen and oxygen atoms in total. The average Bonchev–Trinajstić information content (AvgIpc) is 3.36. The number of nitrogens with zero attached hydrogens (tertiary/aromatic N) is 4. The summed E-state index contributed by atoms with van der Waals surface area (Å²) in [6, 6.07) is 9.65. The van der Waals surface area contributed by atoms with E-state index in [0.717, 1.165) is 48.9 Å². The first-order chi connectivity index (χ1) is 12.8. The summed E-state index contributed by atoms with van der Waals surface area (Å²) < 4.78 is 1.78. The number of benzene rings is 1. The van der Waals surface area contributed by atoms with Crippen LogP contribution in [0.4, 0.5) is 5.69 Å². The molecule has 1 fully saturated rings. The molecule has 1 unspecified atom stereocenters. The van der Waals surface area contributed by atoms with E-state index in [-0.39, 0.29) is 11.8 Å². The number of nitrogens with one attached hydrogen (secondary N) is 1. The zero-order valence-corrected chi connectivity index (χ0v) is 15.2. The lowest BCUT2D eigenvalue weighted by atomic mass is 9.97. The first-order valence-corrected chi connectivity index (χ1v) is 9.67. The van der Waals surface area contributed by atoms with Gasteiger partial charge in [-0.3, -0.25) is 9.69 Å². The Morgan fingerprint density at radius 3 is 3.08 bits per heavy atom. The van der Waals surface area contributed by atoms with Crippen molar-refractivity contribution in [3.8, 4) is 5.69 Å². The van der Waals surface area contributed by atoms with Crippen LogP contribution in [-0.4, -0.2) is 38.7 Å². The summed E-state index contributed by atoms with van der Waals surface area (Å²) >= 11 is 1.67. The molecule has 7 heteroatoms. The second-order valence-electron chi connectivity index (χ2n) is 6.49. The molecule has 1 amide bonds. The monoisotopic (exact) mass is 367 g/mol. The number of carbonyl (C=O) groups excluding carboxylic acids is 1. The Balaban J connectivity index is 1.39. The highest BCUT2D eigenvalue weighted by atomic mass is 32.1. The van der Waals surface area contributed by atoms with Crippen molar-refractivity contribution >= 4 is 22.9 Å². The topological polar surface area (TPSA) is 63.1 Å². The van der Waals surface area contributed by atoms with Gasteiger partial charge in [0.05, 0.1) is 18.2 Å². The molecule has 26 heavy (non-hydrogen) atoms. The van der Waals surface area contributed by atoms with E-state index in [2.05, 4.69) is 20.3 Å². The lowest BCUT2D eigenvalue weighted by Gasteiger charge is -2.31. The van der Waals surface area contributed by atoms with Crippen molar-refractivity contribution in [1.29, 1.82) is 0 Å². The molecule has 0 radical (unpaired) electrons. The van der Waals surface area contributed by atoms with Gasteiger partial charge in [-0.05, 0) is 43.7 Å². The lowest BCUT2D eigenvalue weighted by Crippen LogP contribution is -2.40. The van der Waals surface area contributed by atoms with E-state index < -0.39 is 0 Å². The molecule has 1 N–H and O–H groups in total. The SMILES string of the molecule is O=C(Nc1cccc(-n2cccn2)c1)C1CCCN(Cc2nccs2)C1. The highest BCUT2D eigenvalue weighted by Gasteiger charge is 2.26. The molecule has 1 aliphatic rings. The second kappa shape index (κ2) is 7.80. The zero-order valence-electron chi connectivity index (χ0n) is 14.4. The van der Waals surface area contributed by atoms with Crippen LogP contribution in [0.15, 0.2) is 54.3 Å².